The zero-order valence-corrected chi connectivity index (χ0v) is 7.61. The van der Waals surface area contributed by atoms with Gasteiger partial charge in [-0.05, 0) is 6.07 Å². The summed E-state index contributed by atoms with van der Waals surface area (Å²) in [5, 5.41) is 0. The van der Waals surface area contributed by atoms with Crippen molar-refractivity contribution in [3.8, 4) is 11.6 Å². The number of rotatable bonds is 4. The Morgan fingerprint density at radius 1 is 1.46 bits per heavy atom. The molecule has 1 aromatic rings. The molecule has 0 unspecified atom stereocenters. The van der Waals surface area contributed by atoms with Gasteiger partial charge in [0.1, 0.15) is 12.0 Å². The zero-order valence-electron chi connectivity index (χ0n) is 7.61. The molecule has 4 heteroatoms. The van der Waals surface area contributed by atoms with Gasteiger partial charge in [0, 0.05) is 12.6 Å². The zero-order chi connectivity index (χ0) is 9.68. The number of carbonyl (C=O) groups excluding carboxylic acids is 1. The summed E-state index contributed by atoms with van der Waals surface area (Å²) in [5.74, 6) is 1.06. The van der Waals surface area contributed by atoms with Gasteiger partial charge in [0.15, 0.2) is 0 Å². The van der Waals surface area contributed by atoms with Gasteiger partial charge in [-0.2, -0.15) is 0 Å². The van der Waals surface area contributed by atoms with Crippen LogP contribution in [0.4, 0.5) is 0 Å². The molecule has 0 aromatic carbocycles. The summed E-state index contributed by atoms with van der Waals surface area (Å²) in [6, 6.07) is 1.70. The first-order valence-corrected chi connectivity index (χ1v) is 3.83. The van der Waals surface area contributed by atoms with E-state index in [2.05, 4.69) is 4.98 Å². The fourth-order valence-corrected chi connectivity index (χ4v) is 1.09. The molecular formula is C9H11NO3. The van der Waals surface area contributed by atoms with Gasteiger partial charge in [-0.15, -0.1) is 0 Å². The molecule has 0 saturated carbocycles. The van der Waals surface area contributed by atoms with E-state index in [4.69, 9.17) is 9.47 Å². The Bertz CT molecular complexity index is 277. The van der Waals surface area contributed by atoms with Crippen molar-refractivity contribution in [1.29, 1.82) is 0 Å². The molecule has 70 valence electrons. The summed E-state index contributed by atoms with van der Waals surface area (Å²) < 4.78 is 10.1. The highest BCUT2D eigenvalue weighted by Crippen LogP contribution is 2.25. The summed E-state index contributed by atoms with van der Waals surface area (Å²) in [6.07, 6.45) is 2.62. The van der Waals surface area contributed by atoms with E-state index in [1.54, 1.807) is 19.4 Å². The molecule has 0 radical (unpaired) electrons. The quantitative estimate of drug-likeness (QED) is 0.646. The van der Waals surface area contributed by atoms with Crippen LogP contribution in [0.1, 0.15) is 5.56 Å². The maximum atomic E-state index is 10.4. The minimum absolute atomic E-state index is 0.250. The Hall–Kier alpha value is -1.58. The van der Waals surface area contributed by atoms with Crippen molar-refractivity contribution in [2.45, 2.75) is 6.42 Å². The molecule has 0 saturated heterocycles. The van der Waals surface area contributed by atoms with Crippen molar-refractivity contribution < 1.29 is 14.3 Å². The van der Waals surface area contributed by atoms with E-state index in [1.807, 2.05) is 0 Å². The highest BCUT2D eigenvalue weighted by atomic mass is 16.5. The van der Waals surface area contributed by atoms with Gasteiger partial charge in [0.25, 0.3) is 0 Å². The summed E-state index contributed by atoms with van der Waals surface area (Å²) in [6.45, 7) is 0. The van der Waals surface area contributed by atoms with Crippen molar-refractivity contribution in [3.63, 3.8) is 0 Å². The minimum atomic E-state index is 0.250. The molecule has 1 aromatic heterocycles. The highest BCUT2D eigenvalue weighted by Gasteiger charge is 2.09. The third kappa shape index (κ3) is 1.96. The van der Waals surface area contributed by atoms with Gasteiger partial charge < -0.3 is 14.3 Å². The molecule has 0 atom stereocenters. The van der Waals surface area contributed by atoms with Crippen LogP contribution in [0.3, 0.4) is 0 Å². The third-order valence-electron chi connectivity index (χ3n) is 1.67. The molecule has 0 aliphatic carbocycles. The average molecular weight is 181 g/mol. The standard InChI is InChI=1S/C9H11NO3/c1-12-8-3-5-10-9(13-2)7(8)4-6-11/h3,5-6H,4H2,1-2H3. The number of nitrogens with zero attached hydrogens (tertiary/aromatic N) is 1. The average Bonchev–Trinajstić information content (AvgIpc) is 2.18. The molecule has 0 spiro atoms. The van der Waals surface area contributed by atoms with Crippen LogP contribution in [0.15, 0.2) is 12.3 Å². The second kappa shape index (κ2) is 4.45. The number of methoxy groups -OCH3 is 2. The van der Waals surface area contributed by atoms with Crippen molar-refractivity contribution >= 4 is 6.29 Å². The van der Waals surface area contributed by atoms with Crippen LogP contribution in [-0.4, -0.2) is 25.5 Å². The number of aldehydes is 1. The largest absolute Gasteiger partial charge is 0.496 e. The first kappa shape index (κ1) is 9.51. The summed E-state index contributed by atoms with van der Waals surface area (Å²) in [4.78, 5) is 14.3. The van der Waals surface area contributed by atoms with Crippen LogP contribution < -0.4 is 9.47 Å². The topological polar surface area (TPSA) is 48.4 Å². The van der Waals surface area contributed by atoms with E-state index in [1.165, 1.54) is 7.11 Å². The normalized spacial score (nSPS) is 9.38. The Labute approximate surface area is 76.5 Å². The predicted octanol–water partition coefficient (Wildman–Crippen LogP) is 0.840. The van der Waals surface area contributed by atoms with E-state index in [0.29, 0.717) is 17.2 Å². The summed E-state index contributed by atoms with van der Waals surface area (Å²) >= 11 is 0. The number of pyridine rings is 1. The van der Waals surface area contributed by atoms with Gasteiger partial charge in [-0.25, -0.2) is 4.98 Å². The fraction of sp³-hybridized carbons (Fsp3) is 0.333. The van der Waals surface area contributed by atoms with Gasteiger partial charge in [-0.3, -0.25) is 0 Å². The Kier molecular flexibility index (Phi) is 3.25. The Morgan fingerprint density at radius 3 is 2.77 bits per heavy atom. The fourth-order valence-electron chi connectivity index (χ4n) is 1.09. The smallest absolute Gasteiger partial charge is 0.220 e. The first-order chi connectivity index (χ1) is 6.33. The van der Waals surface area contributed by atoms with E-state index < -0.39 is 0 Å². The molecule has 13 heavy (non-hydrogen) atoms. The Balaban J connectivity index is 3.12. The van der Waals surface area contributed by atoms with Gasteiger partial charge in [0.05, 0.1) is 19.8 Å². The van der Waals surface area contributed by atoms with Crippen LogP contribution in [0.2, 0.25) is 0 Å². The Morgan fingerprint density at radius 2 is 2.23 bits per heavy atom. The van der Waals surface area contributed by atoms with Crippen LogP contribution in [0.25, 0.3) is 0 Å². The lowest BCUT2D eigenvalue weighted by atomic mass is 10.2. The number of aromatic nitrogens is 1. The molecule has 0 fully saturated rings. The second-order valence-electron chi connectivity index (χ2n) is 2.37. The number of ether oxygens (including phenoxy) is 2. The van der Waals surface area contributed by atoms with E-state index >= 15 is 0 Å². The van der Waals surface area contributed by atoms with Crippen molar-refractivity contribution in [2.75, 3.05) is 14.2 Å². The number of hydrogen-bond acceptors (Lipinski definition) is 4. The maximum Gasteiger partial charge on any atom is 0.220 e. The van der Waals surface area contributed by atoms with Crippen molar-refractivity contribution in [1.82, 2.24) is 4.98 Å². The van der Waals surface area contributed by atoms with Gasteiger partial charge in [-0.1, -0.05) is 0 Å². The van der Waals surface area contributed by atoms with E-state index in [-0.39, 0.29) is 6.42 Å². The molecule has 1 rings (SSSR count). The van der Waals surface area contributed by atoms with Crippen LogP contribution in [0.5, 0.6) is 11.6 Å². The third-order valence-corrected chi connectivity index (χ3v) is 1.67. The molecule has 0 N–H and O–H groups in total. The monoisotopic (exact) mass is 181 g/mol. The molecule has 4 nitrogen and oxygen atoms in total. The van der Waals surface area contributed by atoms with Crippen LogP contribution in [0, 0.1) is 0 Å². The highest BCUT2D eigenvalue weighted by molar-refractivity contribution is 5.59. The van der Waals surface area contributed by atoms with Crippen molar-refractivity contribution in [2.24, 2.45) is 0 Å². The lowest BCUT2D eigenvalue weighted by Crippen LogP contribution is -1.99. The van der Waals surface area contributed by atoms with Crippen molar-refractivity contribution in [3.05, 3.63) is 17.8 Å². The van der Waals surface area contributed by atoms with E-state index in [9.17, 15) is 4.79 Å². The number of carbonyl (C=O) groups is 1. The SMILES string of the molecule is COc1ccnc(OC)c1CC=O. The molecule has 0 amide bonds. The molecular weight excluding hydrogens is 170 g/mol. The van der Waals surface area contributed by atoms with Gasteiger partial charge >= 0.3 is 0 Å². The lowest BCUT2D eigenvalue weighted by Gasteiger charge is -2.08. The molecule has 0 bridgehead atoms. The number of hydrogen-bond donors (Lipinski definition) is 0. The second-order valence-corrected chi connectivity index (χ2v) is 2.37. The van der Waals surface area contributed by atoms with Gasteiger partial charge in [0.2, 0.25) is 5.88 Å². The minimum Gasteiger partial charge on any atom is -0.496 e. The molecule has 1 heterocycles. The maximum absolute atomic E-state index is 10.4. The predicted molar refractivity (Wildman–Crippen MR) is 47.1 cm³/mol. The first-order valence-electron chi connectivity index (χ1n) is 3.83. The lowest BCUT2D eigenvalue weighted by molar-refractivity contribution is -0.107. The summed E-state index contributed by atoms with van der Waals surface area (Å²) in [7, 11) is 3.05. The molecule has 0 aliphatic rings. The van der Waals surface area contributed by atoms with Crippen LogP contribution in [-0.2, 0) is 11.2 Å². The summed E-state index contributed by atoms with van der Waals surface area (Å²) in [5.41, 5.74) is 0.683. The van der Waals surface area contributed by atoms with E-state index in [0.717, 1.165) is 6.29 Å². The molecule has 0 aliphatic heterocycles. The van der Waals surface area contributed by atoms with Crippen LogP contribution >= 0.6 is 0 Å².